The molecule has 1 N–H and O–H groups in total. The van der Waals surface area contributed by atoms with Gasteiger partial charge < -0.3 is 5.32 Å². The van der Waals surface area contributed by atoms with Crippen molar-refractivity contribution in [1.82, 2.24) is 9.97 Å². The first-order valence-corrected chi connectivity index (χ1v) is 6.46. The van der Waals surface area contributed by atoms with Gasteiger partial charge in [0.1, 0.15) is 12.1 Å². The van der Waals surface area contributed by atoms with Crippen LogP contribution in [0.2, 0.25) is 0 Å². The number of hydrogen-bond acceptors (Lipinski definition) is 3. The number of nitrogens with zero attached hydrogens (tertiary/aromatic N) is 2. The second kappa shape index (κ2) is 6.15. The number of rotatable bonds is 5. The van der Waals surface area contributed by atoms with Crippen molar-refractivity contribution < 1.29 is 0 Å². The molecule has 0 saturated heterocycles. The molecule has 0 aliphatic heterocycles. The van der Waals surface area contributed by atoms with Crippen LogP contribution in [0, 0.1) is 0 Å². The lowest BCUT2D eigenvalue weighted by atomic mass is 10.0. The van der Waals surface area contributed by atoms with Crippen LogP contribution in [0.3, 0.4) is 0 Å². The van der Waals surface area contributed by atoms with Gasteiger partial charge in [-0.25, -0.2) is 9.97 Å². The van der Waals surface area contributed by atoms with Crippen molar-refractivity contribution in [1.29, 1.82) is 0 Å². The average molecular weight is 241 g/mol. The Bertz CT molecular complexity index is 482. The predicted molar refractivity (Wildman–Crippen MR) is 74.5 cm³/mol. The zero-order valence-corrected chi connectivity index (χ0v) is 10.9. The number of aromatic nitrogens is 2. The van der Waals surface area contributed by atoms with Gasteiger partial charge in [0.2, 0.25) is 0 Å². The van der Waals surface area contributed by atoms with Crippen LogP contribution in [0.5, 0.6) is 0 Å². The summed E-state index contributed by atoms with van der Waals surface area (Å²) in [5.41, 5.74) is 2.35. The lowest BCUT2D eigenvalue weighted by Gasteiger charge is -2.18. The summed E-state index contributed by atoms with van der Waals surface area (Å²) in [4.78, 5) is 8.49. The first-order chi connectivity index (χ1) is 8.83. The van der Waals surface area contributed by atoms with Gasteiger partial charge in [-0.2, -0.15) is 0 Å². The summed E-state index contributed by atoms with van der Waals surface area (Å²) in [6, 6.07) is 12.8. The number of hydrogen-bond donors (Lipinski definition) is 1. The zero-order valence-electron chi connectivity index (χ0n) is 10.9. The van der Waals surface area contributed by atoms with E-state index in [4.69, 9.17) is 0 Å². The van der Waals surface area contributed by atoms with Crippen LogP contribution >= 0.6 is 0 Å². The average Bonchev–Trinajstić information content (AvgIpc) is 2.46. The van der Waals surface area contributed by atoms with Crippen LogP contribution in [0.25, 0.3) is 0 Å². The first kappa shape index (κ1) is 12.6. The second-order valence-corrected chi connectivity index (χ2v) is 4.26. The summed E-state index contributed by atoms with van der Waals surface area (Å²) in [7, 11) is 0. The van der Waals surface area contributed by atoms with E-state index in [0.717, 1.165) is 24.4 Å². The highest BCUT2D eigenvalue weighted by Crippen LogP contribution is 2.21. The Hall–Kier alpha value is -1.90. The molecule has 0 bridgehead atoms. The van der Waals surface area contributed by atoms with Crippen LogP contribution < -0.4 is 5.32 Å². The van der Waals surface area contributed by atoms with Crippen LogP contribution in [-0.4, -0.2) is 9.97 Å². The van der Waals surface area contributed by atoms with Crippen LogP contribution in [-0.2, 0) is 6.42 Å². The molecule has 0 amide bonds. The normalized spacial score (nSPS) is 12.1. The molecule has 1 aromatic carbocycles. The van der Waals surface area contributed by atoms with Crippen molar-refractivity contribution in [3.05, 3.63) is 54.0 Å². The van der Waals surface area contributed by atoms with Crippen molar-refractivity contribution >= 4 is 5.82 Å². The fraction of sp³-hybridized carbons (Fsp3) is 0.333. The minimum absolute atomic E-state index is 0.297. The Kier molecular flexibility index (Phi) is 4.29. The van der Waals surface area contributed by atoms with E-state index in [1.165, 1.54) is 5.56 Å². The molecular weight excluding hydrogens is 222 g/mol. The van der Waals surface area contributed by atoms with Crippen molar-refractivity contribution in [3.63, 3.8) is 0 Å². The highest BCUT2D eigenvalue weighted by molar-refractivity contribution is 5.38. The maximum absolute atomic E-state index is 4.28. The van der Waals surface area contributed by atoms with Gasteiger partial charge in [0.15, 0.2) is 0 Å². The standard InChI is InChI=1S/C15H19N3/c1-3-13-10-15(17-11-16-13)18-14(4-2)12-8-6-5-7-9-12/h5-11,14H,3-4H2,1-2H3,(H,16,17,18). The quantitative estimate of drug-likeness (QED) is 0.869. The Morgan fingerprint density at radius 2 is 1.89 bits per heavy atom. The molecular formula is C15H19N3. The number of nitrogens with one attached hydrogen (secondary N) is 1. The van der Waals surface area contributed by atoms with E-state index in [2.05, 4.69) is 53.4 Å². The Morgan fingerprint density at radius 1 is 1.11 bits per heavy atom. The van der Waals surface area contributed by atoms with Gasteiger partial charge in [0.25, 0.3) is 0 Å². The molecule has 0 fully saturated rings. The molecule has 0 saturated carbocycles. The minimum Gasteiger partial charge on any atom is -0.363 e. The monoisotopic (exact) mass is 241 g/mol. The van der Waals surface area contributed by atoms with Gasteiger partial charge in [-0.05, 0) is 18.4 Å². The van der Waals surface area contributed by atoms with Crippen LogP contribution in [0.4, 0.5) is 5.82 Å². The number of aryl methyl sites for hydroxylation is 1. The fourth-order valence-corrected chi connectivity index (χ4v) is 1.95. The van der Waals surface area contributed by atoms with E-state index < -0.39 is 0 Å². The summed E-state index contributed by atoms with van der Waals surface area (Å²) >= 11 is 0. The van der Waals surface area contributed by atoms with Gasteiger partial charge >= 0.3 is 0 Å². The first-order valence-electron chi connectivity index (χ1n) is 6.46. The number of anilines is 1. The topological polar surface area (TPSA) is 37.8 Å². The highest BCUT2D eigenvalue weighted by Gasteiger charge is 2.09. The third-order valence-corrected chi connectivity index (χ3v) is 3.02. The third kappa shape index (κ3) is 3.06. The van der Waals surface area contributed by atoms with Gasteiger partial charge in [-0.15, -0.1) is 0 Å². The fourth-order valence-electron chi connectivity index (χ4n) is 1.95. The van der Waals surface area contributed by atoms with Gasteiger partial charge in [0, 0.05) is 11.8 Å². The van der Waals surface area contributed by atoms with Crippen molar-refractivity contribution in [2.45, 2.75) is 32.7 Å². The van der Waals surface area contributed by atoms with Gasteiger partial charge in [-0.1, -0.05) is 44.2 Å². The lowest BCUT2D eigenvalue weighted by Crippen LogP contribution is -2.11. The molecule has 0 aliphatic carbocycles. The molecule has 0 aliphatic rings. The summed E-state index contributed by atoms with van der Waals surface area (Å²) in [6.45, 7) is 4.27. The third-order valence-electron chi connectivity index (χ3n) is 3.02. The Morgan fingerprint density at radius 3 is 2.56 bits per heavy atom. The van der Waals surface area contributed by atoms with Crippen molar-refractivity contribution in [3.8, 4) is 0 Å². The second-order valence-electron chi connectivity index (χ2n) is 4.26. The summed E-state index contributed by atoms with van der Waals surface area (Å²) in [5.74, 6) is 0.901. The maximum atomic E-state index is 4.28. The van der Waals surface area contributed by atoms with Crippen molar-refractivity contribution in [2.75, 3.05) is 5.32 Å². The molecule has 2 aromatic rings. The molecule has 3 nitrogen and oxygen atoms in total. The number of benzene rings is 1. The molecule has 1 unspecified atom stereocenters. The SMILES string of the molecule is CCc1cc(NC(CC)c2ccccc2)ncn1. The molecule has 3 heteroatoms. The van der Waals surface area contributed by atoms with E-state index in [1.54, 1.807) is 6.33 Å². The molecule has 94 valence electrons. The van der Waals surface area contributed by atoms with Crippen molar-refractivity contribution in [2.24, 2.45) is 0 Å². The van der Waals surface area contributed by atoms with Gasteiger partial charge in [-0.3, -0.25) is 0 Å². The molecule has 1 heterocycles. The molecule has 2 rings (SSSR count). The van der Waals surface area contributed by atoms with E-state index in [9.17, 15) is 0 Å². The van der Waals surface area contributed by atoms with Gasteiger partial charge in [0.05, 0.1) is 6.04 Å². The van der Waals surface area contributed by atoms with E-state index in [-0.39, 0.29) is 0 Å². The predicted octanol–water partition coefficient (Wildman–Crippen LogP) is 3.60. The molecule has 18 heavy (non-hydrogen) atoms. The molecule has 0 radical (unpaired) electrons. The maximum Gasteiger partial charge on any atom is 0.130 e. The lowest BCUT2D eigenvalue weighted by molar-refractivity contribution is 0.743. The van der Waals surface area contributed by atoms with E-state index >= 15 is 0 Å². The Labute approximate surface area is 108 Å². The van der Waals surface area contributed by atoms with E-state index in [0.29, 0.717) is 6.04 Å². The zero-order chi connectivity index (χ0) is 12.8. The highest BCUT2D eigenvalue weighted by atomic mass is 15.0. The smallest absolute Gasteiger partial charge is 0.130 e. The van der Waals surface area contributed by atoms with E-state index in [1.807, 2.05) is 12.1 Å². The van der Waals surface area contributed by atoms with Crippen LogP contribution in [0.15, 0.2) is 42.7 Å². The van der Waals surface area contributed by atoms with Crippen LogP contribution in [0.1, 0.15) is 37.6 Å². The molecule has 1 aromatic heterocycles. The summed E-state index contributed by atoms with van der Waals surface area (Å²) < 4.78 is 0. The molecule has 1 atom stereocenters. The largest absolute Gasteiger partial charge is 0.363 e. The molecule has 0 spiro atoms. The summed E-state index contributed by atoms with van der Waals surface area (Å²) in [5, 5.41) is 3.47. The Balaban J connectivity index is 2.15. The minimum atomic E-state index is 0.297. The summed E-state index contributed by atoms with van der Waals surface area (Å²) in [6.07, 6.45) is 3.58.